The molecule has 1 aromatic heterocycles. The third-order valence-electron chi connectivity index (χ3n) is 6.92. The van der Waals surface area contributed by atoms with Gasteiger partial charge in [0.25, 0.3) is 9.70 Å². The van der Waals surface area contributed by atoms with Crippen LogP contribution in [0.25, 0.3) is 11.1 Å². The van der Waals surface area contributed by atoms with E-state index in [0.717, 1.165) is 44.3 Å². The Hall–Kier alpha value is -2.56. The van der Waals surface area contributed by atoms with E-state index in [1.54, 1.807) is 18.0 Å². The molecule has 3 aromatic carbocycles. The molecule has 0 aliphatic carbocycles. The van der Waals surface area contributed by atoms with Gasteiger partial charge in [0.15, 0.2) is 11.4 Å². The molecule has 0 bridgehead atoms. The lowest BCUT2D eigenvalue weighted by Gasteiger charge is -2.36. The second-order valence-corrected chi connectivity index (χ2v) is 13.3. The van der Waals surface area contributed by atoms with Crippen LogP contribution < -0.4 is 5.32 Å². The average Bonchev–Trinajstić information content (AvgIpc) is 3.42. The van der Waals surface area contributed by atoms with Crippen molar-refractivity contribution in [2.45, 2.75) is 47.0 Å². The summed E-state index contributed by atoms with van der Waals surface area (Å²) in [6, 6.07) is 23.7. The van der Waals surface area contributed by atoms with Gasteiger partial charge in [-0.3, -0.25) is 4.79 Å². The summed E-state index contributed by atoms with van der Waals surface area (Å²) in [7, 11) is 1.98. The number of benzene rings is 3. The number of aryl methyl sites for hydroxylation is 1. The Morgan fingerprint density at radius 2 is 1.76 bits per heavy atom. The third-order valence-corrected chi connectivity index (χ3v) is 8.62. The van der Waals surface area contributed by atoms with Gasteiger partial charge in [0.2, 0.25) is 0 Å². The van der Waals surface area contributed by atoms with E-state index in [-0.39, 0.29) is 25.4 Å². The molecular weight excluding hydrogens is 617 g/mol. The summed E-state index contributed by atoms with van der Waals surface area (Å²) in [5, 5.41) is 13.1. The maximum Gasteiger partial charge on any atom is 0.272 e. The van der Waals surface area contributed by atoms with E-state index in [1.165, 1.54) is 0 Å². The number of nitrogens with one attached hydrogen (secondary N) is 1. The van der Waals surface area contributed by atoms with E-state index >= 15 is 0 Å². The van der Waals surface area contributed by atoms with Crippen LogP contribution in [0.3, 0.4) is 0 Å². The SMILES string of the molecule is Cn1ccnc1SC[C@H]1C[C@@H](c2ccc(CO)cc2)O[C@@H](c2cccc(-c3cccc(CNC(=O)C(Cl)(Cl)Cl)c3)c2)O1. The Bertz CT molecular complexity index is 1510. The van der Waals surface area contributed by atoms with Crippen LogP contribution in [0.5, 0.6) is 0 Å². The molecule has 0 radical (unpaired) electrons. The van der Waals surface area contributed by atoms with Crippen molar-refractivity contribution in [2.24, 2.45) is 7.05 Å². The van der Waals surface area contributed by atoms with Gasteiger partial charge in [-0.15, -0.1) is 0 Å². The molecule has 5 rings (SSSR count). The van der Waals surface area contributed by atoms with E-state index in [2.05, 4.69) is 16.4 Å². The van der Waals surface area contributed by atoms with Crippen molar-refractivity contribution < 1.29 is 19.4 Å². The van der Waals surface area contributed by atoms with Crippen LogP contribution in [0.1, 0.15) is 41.1 Å². The van der Waals surface area contributed by atoms with Crippen LogP contribution >= 0.6 is 46.6 Å². The zero-order valence-corrected chi connectivity index (χ0v) is 25.8. The number of hydrogen-bond acceptors (Lipinski definition) is 6. The maximum absolute atomic E-state index is 12.0. The summed E-state index contributed by atoms with van der Waals surface area (Å²) < 4.78 is 13.0. The fourth-order valence-corrected chi connectivity index (χ4v) is 5.84. The number of amides is 1. The Kier molecular flexibility index (Phi) is 10.2. The highest BCUT2D eigenvalue weighted by molar-refractivity contribution is 7.99. The molecule has 1 fully saturated rings. The first-order valence-corrected chi connectivity index (χ1v) is 15.5. The summed E-state index contributed by atoms with van der Waals surface area (Å²) in [5.41, 5.74) is 5.59. The number of rotatable bonds is 9. The van der Waals surface area contributed by atoms with Crippen LogP contribution in [0.2, 0.25) is 0 Å². The molecule has 0 saturated carbocycles. The normalized spacial score (nSPS) is 19.0. The predicted molar refractivity (Wildman–Crippen MR) is 166 cm³/mol. The molecule has 42 heavy (non-hydrogen) atoms. The van der Waals surface area contributed by atoms with E-state index in [0.29, 0.717) is 6.42 Å². The minimum absolute atomic E-state index is 0.00621. The first-order valence-electron chi connectivity index (χ1n) is 13.3. The van der Waals surface area contributed by atoms with Gasteiger partial charge in [-0.2, -0.15) is 0 Å². The zero-order valence-electron chi connectivity index (χ0n) is 22.8. The van der Waals surface area contributed by atoms with Crippen LogP contribution in [-0.4, -0.2) is 36.2 Å². The summed E-state index contributed by atoms with van der Waals surface area (Å²) in [5.74, 6) is 0.0418. The number of thioether (sulfide) groups is 1. The van der Waals surface area contributed by atoms with E-state index < -0.39 is 16.0 Å². The van der Waals surface area contributed by atoms with Crippen molar-refractivity contribution in [3.8, 4) is 11.1 Å². The van der Waals surface area contributed by atoms with Crippen molar-refractivity contribution in [3.63, 3.8) is 0 Å². The zero-order chi connectivity index (χ0) is 29.7. The van der Waals surface area contributed by atoms with Crippen molar-refractivity contribution in [1.29, 1.82) is 0 Å². The minimum atomic E-state index is -2.02. The third kappa shape index (κ3) is 7.88. The van der Waals surface area contributed by atoms with Crippen LogP contribution in [0.4, 0.5) is 0 Å². The molecule has 2 heterocycles. The van der Waals surface area contributed by atoms with Gasteiger partial charge in [-0.1, -0.05) is 107 Å². The quantitative estimate of drug-likeness (QED) is 0.152. The molecule has 1 saturated heterocycles. The highest BCUT2D eigenvalue weighted by Gasteiger charge is 2.33. The van der Waals surface area contributed by atoms with Gasteiger partial charge >= 0.3 is 0 Å². The van der Waals surface area contributed by atoms with E-state index in [1.807, 2.05) is 84.5 Å². The Balaban J connectivity index is 1.36. The van der Waals surface area contributed by atoms with Crippen molar-refractivity contribution in [2.75, 3.05) is 5.75 Å². The van der Waals surface area contributed by atoms with Crippen molar-refractivity contribution in [1.82, 2.24) is 14.9 Å². The fraction of sp³-hybridized carbons (Fsp3) is 0.290. The van der Waals surface area contributed by atoms with Gasteiger partial charge in [-0.05, 0) is 39.9 Å². The second-order valence-electron chi connectivity index (χ2n) is 9.99. The van der Waals surface area contributed by atoms with Crippen molar-refractivity contribution >= 4 is 52.5 Å². The summed E-state index contributed by atoms with van der Waals surface area (Å²) in [4.78, 5) is 16.4. The number of imidazole rings is 1. The maximum atomic E-state index is 12.0. The molecule has 2 N–H and O–H groups in total. The fourth-order valence-electron chi connectivity index (χ4n) is 4.69. The Morgan fingerprint density at radius 1 is 1.02 bits per heavy atom. The number of alkyl halides is 3. The highest BCUT2D eigenvalue weighted by Crippen LogP contribution is 2.40. The van der Waals surface area contributed by atoms with Crippen molar-refractivity contribution in [3.05, 3.63) is 107 Å². The highest BCUT2D eigenvalue weighted by atomic mass is 35.6. The minimum Gasteiger partial charge on any atom is -0.392 e. The lowest BCUT2D eigenvalue weighted by molar-refractivity contribution is -0.245. The van der Waals surface area contributed by atoms with Gasteiger partial charge in [0.05, 0.1) is 18.8 Å². The monoisotopic (exact) mass is 645 g/mol. The molecule has 4 aromatic rings. The first kappa shape index (κ1) is 30.9. The largest absolute Gasteiger partial charge is 0.392 e. The number of carbonyl (C=O) groups is 1. The standard InChI is InChI=1S/C31H30Cl3N3O4S/c1-37-13-12-35-30(37)42-19-26-16-27(22-10-8-20(18-38)9-11-22)41-28(40-26)25-7-3-6-24(15-25)23-5-2-4-21(14-23)17-36-29(39)31(32,33)34/h2-15,26-28,38H,16-19H2,1H3,(H,36,39)/t26-,27+,28+/m1/s1. The summed E-state index contributed by atoms with van der Waals surface area (Å²) in [6.45, 7) is 0.217. The van der Waals surface area contributed by atoms with E-state index in [9.17, 15) is 9.90 Å². The molecule has 1 amide bonds. The van der Waals surface area contributed by atoms with Crippen LogP contribution in [0.15, 0.2) is 90.3 Å². The van der Waals surface area contributed by atoms with Gasteiger partial charge < -0.3 is 24.5 Å². The number of nitrogens with zero attached hydrogens (tertiary/aromatic N) is 2. The number of aliphatic hydroxyl groups excluding tert-OH is 1. The lowest BCUT2D eigenvalue weighted by Crippen LogP contribution is -2.33. The molecule has 0 spiro atoms. The summed E-state index contributed by atoms with van der Waals surface area (Å²) in [6.07, 6.45) is 3.56. The molecule has 3 atom stereocenters. The molecule has 11 heteroatoms. The molecule has 7 nitrogen and oxygen atoms in total. The number of aliphatic hydroxyl groups is 1. The first-order chi connectivity index (χ1) is 20.2. The number of aromatic nitrogens is 2. The molecule has 1 aliphatic rings. The molecule has 0 unspecified atom stereocenters. The molecular formula is C31H30Cl3N3O4S. The topological polar surface area (TPSA) is 85.6 Å². The number of carbonyl (C=O) groups excluding carboxylic acids is 1. The lowest BCUT2D eigenvalue weighted by atomic mass is 9.99. The van der Waals surface area contributed by atoms with Gasteiger partial charge in [0.1, 0.15) is 0 Å². The Morgan fingerprint density at radius 3 is 2.45 bits per heavy atom. The Labute approximate surface area is 264 Å². The number of hydrogen-bond donors (Lipinski definition) is 2. The van der Waals surface area contributed by atoms with E-state index in [4.69, 9.17) is 44.3 Å². The number of ether oxygens (including phenoxy) is 2. The summed E-state index contributed by atoms with van der Waals surface area (Å²) >= 11 is 18.7. The van der Waals surface area contributed by atoms with Gasteiger partial charge in [-0.25, -0.2) is 4.98 Å². The number of halogens is 3. The average molecular weight is 647 g/mol. The van der Waals surface area contributed by atoms with Crippen LogP contribution in [-0.2, 0) is 34.5 Å². The molecule has 220 valence electrons. The smallest absolute Gasteiger partial charge is 0.272 e. The van der Waals surface area contributed by atoms with Crippen LogP contribution in [0, 0.1) is 0 Å². The predicted octanol–water partition coefficient (Wildman–Crippen LogP) is 6.90. The van der Waals surface area contributed by atoms with Gasteiger partial charge in [0, 0.05) is 43.7 Å². The molecule has 1 aliphatic heterocycles. The second kappa shape index (κ2) is 13.8.